The molecule has 1 nitrogen and oxygen atoms in total. The van der Waals surface area contributed by atoms with Crippen LogP contribution in [0, 0.1) is 18.7 Å². The third-order valence-corrected chi connectivity index (χ3v) is 3.51. The molecule has 0 aromatic heterocycles. The summed E-state index contributed by atoms with van der Waals surface area (Å²) in [6.45, 7) is 5.05. The summed E-state index contributed by atoms with van der Waals surface area (Å²) in [5.74, 6) is -1.42. The maximum atomic E-state index is 13.9. The smallest absolute Gasteiger partial charge is 0.168 e. The third kappa shape index (κ3) is 1.94. The molecule has 0 radical (unpaired) electrons. The van der Waals surface area contributed by atoms with E-state index in [0.717, 1.165) is 0 Å². The highest BCUT2D eigenvalue weighted by atomic mass is 19.1. The molecule has 0 bridgehead atoms. The number of phenols is 1. The van der Waals surface area contributed by atoms with E-state index in [1.54, 1.807) is 45.1 Å². The van der Waals surface area contributed by atoms with E-state index in [1.165, 1.54) is 0 Å². The summed E-state index contributed by atoms with van der Waals surface area (Å²) >= 11 is 0. The van der Waals surface area contributed by atoms with Gasteiger partial charge in [-0.15, -0.1) is 0 Å². The van der Waals surface area contributed by atoms with Crippen molar-refractivity contribution < 1.29 is 13.9 Å². The molecule has 1 aromatic carbocycles. The van der Waals surface area contributed by atoms with E-state index in [2.05, 4.69) is 0 Å². The van der Waals surface area contributed by atoms with Gasteiger partial charge in [-0.2, -0.15) is 0 Å². The van der Waals surface area contributed by atoms with Crippen LogP contribution in [0.4, 0.5) is 8.78 Å². The summed E-state index contributed by atoms with van der Waals surface area (Å²) in [5, 5.41) is 9.84. The highest BCUT2D eigenvalue weighted by Crippen LogP contribution is 2.39. The van der Waals surface area contributed by atoms with Gasteiger partial charge in [0.05, 0.1) is 0 Å². The van der Waals surface area contributed by atoms with Gasteiger partial charge >= 0.3 is 0 Å². The molecule has 0 spiro atoms. The van der Waals surface area contributed by atoms with E-state index >= 15 is 0 Å². The van der Waals surface area contributed by atoms with E-state index in [-0.39, 0.29) is 5.92 Å². The normalized spacial score (nSPS) is 23.6. The summed E-state index contributed by atoms with van der Waals surface area (Å²) in [6.07, 6.45) is 2.34. The molecule has 3 heteroatoms. The first-order chi connectivity index (χ1) is 8.43. The highest BCUT2D eigenvalue weighted by Gasteiger charge is 2.27. The lowest BCUT2D eigenvalue weighted by Crippen LogP contribution is -2.18. The van der Waals surface area contributed by atoms with Crippen molar-refractivity contribution in [1.29, 1.82) is 0 Å². The standard InChI is InChI=1S/C15H16F2O/c1-8-4-6-11(10(3)13(8)16)12-7-5-9(2)14(17)15(12)18/h4-7,10,13,18H,1-3H3. The number of aromatic hydroxyl groups is 1. The number of alkyl halides is 1. The van der Waals surface area contributed by atoms with Crippen LogP contribution >= 0.6 is 0 Å². The number of aryl methyl sites for hydroxylation is 1. The quantitative estimate of drug-likeness (QED) is 0.793. The molecule has 2 rings (SSSR count). The number of halogens is 2. The van der Waals surface area contributed by atoms with E-state index < -0.39 is 17.7 Å². The first kappa shape index (κ1) is 12.8. The fourth-order valence-electron chi connectivity index (χ4n) is 2.25. The molecule has 0 saturated carbocycles. The van der Waals surface area contributed by atoms with Crippen LogP contribution in [-0.2, 0) is 0 Å². The van der Waals surface area contributed by atoms with Gasteiger partial charge in [-0.05, 0) is 30.6 Å². The van der Waals surface area contributed by atoms with Gasteiger partial charge in [-0.25, -0.2) is 8.78 Å². The molecule has 1 aliphatic carbocycles. The minimum absolute atomic E-state index is 0.372. The Morgan fingerprint density at radius 2 is 1.83 bits per heavy atom. The summed E-state index contributed by atoms with van der Waals surface area (Å²) in [5.41, 5.74) is 2.03. The molecule has 96 valence electrons. The number of rotatable bonds is 1. The molecule has 1 aliphatic rings. The zero-order valence-corrected chi connectivity index (χ0v) is 10.7. The van der Waals surface area contributed by atoms with Crippen LogP contribution in [-0.4, -0.2) is 11.3 Å². The first-order valence-corrected chi connectivity index (χ1v) is 5.94. The second-order valence-corrected chi connectivity index (χ2v) is 4.82. The Labute approximate surface area is 105 Å². The maximum absolute atomic E-state index is 13.9. The molecule has 0 amide bonds. The number of benzene rings is 1. The van der Waals surface area contributed by atoms with Crippen LogP contribution in [0.1, 0.15) is 25.0 Å². The van der Waals surface area contributed by atoms with Gasteiger partial charge in [0.25, 0.3) is 0 Å². The van der Waals surface area contributed by atoms with E-state index in [4.69, 9.17) is 0 Å². The van der Waals surface area contributed by atoms with Crippen LogP contribution in [0.25, 0.3) is 5.57 Å². The summed E-state index contributed by atoms with van der Waals surface area (Å²) in [7, 11) is 0. The van der Waals surface area contributed by atoms with Crippen LogP contribution < -0.4 is 0 Å². The van der Waals surface area contributed by atoms with Gasteiger partial charge < -0.3 is 5.11 Å². The minimum atomic E-state index is -1.09. The molecule has 0 heterocycles. The fourth-order valence-corrected chi connectivity index (χ4v) is 2.25. The molecule has 1 aromatic rings. The fraction of sp³-hybridized carbons (Fsp3) is 0.333. The molecule has 0 saturated heterocycles. The van der Waals surface area contributed by atoms with Gasteiger partial charge in [0.15, 0.2) is 11.6 Å². The van der Waals surface area contributed by atoms with Gasteiger partial charge in [0.2, 0.25) is 0 Å². The predicted octanol–water partition coefficient (Wildman–Crippen LogP) is 4.16. The Kier molecular flexibility index (Phi) is 3.24. The first-order valence-electron chi connectivity index (χ1n) is 5.94. The molecular formula is C15H16F2O. The molecule has 0 fully saturated rings. The van der Waals surface area contributed by atoms with Crippen molar-refractivity contribution in [2.24, 2.45) is 5.92 Å². The largest absolute Gasteiger partial charge is 0.504 e. The SMILES string of the molecule is CC1=CC=C(c2ccc(C)c(F)c2O)C(C)C1F. The topological polar surface area (TPSA) is 20.2 Å². The third-order valence-electron chi connectivity index (χ3n) is 3.51. The Hall–Kier alpha value is -1.64. The van der Waals surface area contributed by atoms with Crippen molar-refractivity contribution in [1.82, 2.24) is 0 Å². The van der Waals surface area contributed by atoms with Crippen LogP contribution in [0.2, 0.25) is 0 Å². The summed E-state index contributed by atoms with van der Waals surface area (Å²) in [6, 6.07) is 3.23. The molecular weight excluding hydrogens is 234 g/mol. The average Bonchev–Trinajstić information content (AvgIpc) is 2.35. The Morgan fingerprint density at radius 1 is 1.17 bits per heavy atom. The Morgan fingerprint density at radius 3 is 2.50 bits per heavy atom. The van der Waals surface area contributed by atoms with Gasteiger partial charge in [-0.3, -0.25) is 0 Å². The van der Waals surface area contributed by atoms with Crippen molar-refractivity contribution in [3.8, 4) is 5.75 Å². The maximum Gasteiger partial charge on any atom is 0.168 e. The van der Waals surface area contributed by atoms with Gasteiger partial charge in [0.1, 0.15) is 6.17 Å². The predicted molar refractivity (Wildman–Crippen MR) is 68.6 cm³/mol. The number of hydrogen-bond donors (Lipinski definition) is 1. The lowest BCUT2D eigenvalue weighted by molar-refractivity contribution is 0.323. The second kappa shape index (κ2) is 4.56. The Balaban J connectivity index is 2.54. The van der Waals surface area contributed by atoms with Crippen molar-refractivity contribution in [3.63, 3.8) is 0 Å². The summed E-state index contributed by atoms with van der Waals surface area (Å²) in [4.78, 5) is 0. The lowest BCUT2D eigenvalue weighted by atomic mass is 9.83. The zero-order valence-electron chi connectivity index (χ0n) is 10.7. The van der Waals surface area contributed by atoms with Crippen LogP contribution in [0.3, 0.4) is 0 Å². The Bertz CT molecular complexity index is 544. The average molecular weight is 250 g/mol. The molecule has 2 atom stereocenters. The van der Waals surface area contributed by atoms with Gasteiger partial charge in [-0.1, -0.05) is 31.2 Å². The van der Waals surface area contributed by atoms with Crippen molar-refractivity contribution in [3.05, 3.63) is 46.8 Å². The monoisotopic (exact) mass is 250 g/mol. The van der Waals surface area contributed by atoms with Crippen LogP contribution in [0.5, 0.6) is 5.75 Å². The molecule has 2 unspecified atom stereocenters. The van der Waals surface area contributed by atoms with Gasteiger partial charge in [0, 0.05) is 11.5 Å². The van der Waals surface area contributed by atoms with E-state index in [1.807, 2.05) is 0 Å². The van der Waals surface area contributed by atoms with Crippen molar-refractivity contribution >= 4 is 5.57 Å². The zero-order chi connectivity index (χ0) is 13.4. The van der Waals surface area contributed by atoms with E-state index in [0.29, 0.717) is 22.3 Å². The molecule has 1 N–H and O–H groups in total. The van der Waals surface area contributed by atoms with Crippen molar-refractivity contribution in [2.45, 2.75) is 26.9 Å². The highest BCUT2D eigenvalue weighted by molar-refractivity contribution is 5.75. The second-order valence-electron chi connectivity index (χ2n) is 4.82. The summed E-state index contributed by atoms with van der Waals surface area (Å²) < 4.78 is 27.6. The van der Waals surface area contributed by atoms with Crippen LogP contribution in [0.15, 0.2) is 29.9 Å². The lowest BCUT2D eigenvalue weighted by Gasteiger charge is -2.25. The van der Waals surface area contributed by atoms with E-state index in [9.17, 15) is 13.9 Å². The number of hydrogen-bond acceptors (Lipinski definition) is 1. The number of phenolic OH excluding ortho intramolecular Hbond substituents is 1. The van der Waals surface area contributed by atoms with Crippen molar-refractivity contribution in [2.75, 3.05) is 0 Å². The minimum Gasteiger partial charge on any atom is -0.504 e. The molecule has 18 heavy (non-hydrogen) atoms. The molecule has 0 aliphatic heterocycles. The number of allylic oxidation sites excluding steroid dienone is 4.